The van der Waals surface area contributed by atoms with Crippen LogP contribution in [0.25, 0.3) is 0 Å². The van der Waals surface area contributed by atoms with Crippen LogP contribution in [0.4, 0.5) is 0 Å². The largest absolute Gasteiger partial charge is 0.687 e. The van der Waals surface area contributed by atoms with Gasteiger partial charge in [-0.2, -0.15) is 0 Å². The van der Waals surface area contributed by atoms with E-state index in [4.69, 9.17) is 101 Å². The van der Waals surface area contributed by atoms with E-state index in [0.717, 1.165) is 0 Å². The van der Waals surface area contributed by atoms with Crippen LogP contribution >= 0.6 is 0 Å². The first-order chi connectivity index (χ1) is 11.3. The van der Waals surface area contributed by atoms with E-state index in [0.29, 0.717) is 0 Å². The molecule has 0 atom stereocenters. The Labute approximate surface area is 177 Å². The summed E-state index contributed by atoms with van der Waals surface area (Å²) < 4.78 is 0. The second-order valence-electron chi connectivity index (χ2n) is 6.54. The highest BCUT2D eigenvalue weighted by atomic mass is 13.2. The molecule has 0 aliphatic rings. The molecule has 28 radical (unpaired) electrons. The molecular weight excluding hydrogens is 270 g/mol. The molecular formula is B25-. The zero-order valence-electron chi connectivity index (χ0n) is 14.4. The average molecular weight is 270 g/mol. The second-order valence-corrected chi connectivity index (χ2v) is 6.54. The SMILES string of the molecule is [B]B([B])B([B]B(B(B([B])[B])B([B])[B])B(B([B])[B])B([B])[B])B([B])B([B])[B-]. The predicted octanol–water partition coefficient (Wildman–Crippen LogP) is -9.52. The van der Waals surface area contributed by atoms with Crippen molar-refractivity contribution in [3.63, 3.8) is 0 Å². The second kappa shape index (κ2) is 12.2. The van der Waals surface area contributed by atoms with Gasteiger partial charge in [-0.1, -0.05) is 0 Å². The van der Waals surface area contributed by atoms with Gasteiger partial charge in [0.2, 0.25) is 0 Å². The molecule has 0 saturated carbocycles. The molecule has 0 aliphatic carbocycles. The zero-order valence-corrected chi connectivity index (χ0v) is 14.4. The normalized spacial score (nSPS) is 9.32. The molecule has 0 bridgehead atoms. The molecule has 0 rings (SSSR count). The Hall–Kier alpha value is 1.62. The molecule has 0 aromatic heterocycles. The lowest BCUT2D eigenvalue weighted by molar-refractivity contribution is 3.34. The molecule has 0 spiro atoms. The molecule has 0 N–H and O–H groups in total. The van der Waals surface area contributed by atoms with Crippen LogP contribution in [0.2, 0.25) is 0 Å². The molecule has 0 fully saturated rings. The molecule has 0 aromatic carbocycles. The minimum atomic E-state index is -0.918. The van der Waals surface area contributed by atoms with Gasteiger partial charge in [0.15, 0.2) is 0 Å². The third kappa shape index (κ3) is 8.25. The molecule has 0 nitrogen and oxygen atoms in total. The minimum absolute atomic E-state index is 0.635. The van der Waals surface area contributed by atoms with E-state index < -0.39 is 70.2 Å². The third-order valence-corrected chi connectivity index (χ3v) is 4.44. The van der Waals surface area contributed by atoms with Crippen LogP contribution in [-0.4, -0.2) is 178 Å². The van der Waals surface area contributed by atoms with Gasteiger partial charge in [-0.25, -0.2) is 6.39 Å². The molecule has 0 amide bonds. The third-order valence-electron chi connectivity index (χ3n) is 4.44. The smallest absolute Gasteiger partial charge is 0.0000000000000853 e. The summed E-state index contributed by atoms with van der Waals surface area (Å²) in [7, 11) is 77.5. The van der Waals surface area contributed by atoms with Crippen LogP contribution in [-0.2, 0) is 0 Å². The Morgan fingerprint density at radius 1 is 0.480 bits per heavy atom. The lowest BCUT2D eigenvalue weighted by atomic mass is 8.40. The van der Waals surface area contributed by atoms with Crippen LogP contribution < -0.4 is 0 Å². The van der Waals surface area contributed by atoms with Crippen LogP contribution in [0.5, 0.6) is 0 Å². The summed E-state index contributed by atoms with van der Waals surface area (Å²) in [6.07, 6.45) is -8.86. The highest BCUT2D eigenvalue weighted by Gasteiger charge is 2.42. The maximum absolute atomic E-state index is 6.02. The number of hydrogen-bond acceptors (Lipinski definition) is 0. The Morgan fingerprint density at radius 3 is 1.00 bits per heavy atom. The minimum Gasteiger partial charge on any atom is -0.687 e. The fraction of sp³-hybridized carbons (Fsp3) is 0. The lowest BCUT2D eigenvalue weighted by Gasteiger charge is -2.43. The summed E-state index contributed by atoms with van der Waals surface area (Å²) in [5.74, 6) is 0. The van der Waals surface area contributed by atoms with E-state index in [1.54, 1.807) is 7.06 Å². The highest BCUT2D eigenvalue weighted by molar-refractivity contribution is 8.18. The summed E-state index contributed by atoms with van der Waals surface area (Å²) >= 11 is 0. The fourth-order valence-corrected chi connectivity index (χ4v) is 3.08. The lowest BCUT2D eigenvalue weighted by Crippen LogP contribution is -2.79. The topological polar surface area (TPSA) is 0 Å². The van der Waals surface area contributed by atoms with E-state index in [-0.39, 0.29) is 0 Å². The van der Waals surface area contributed by atoms with Gasteiger partial charge in [0.1, 0.15) is 0 Å². The van der Waals surface area contributed by atoms with Crippen LogP contribution in [0.3, 0.4) is 0 Å². The van der Waals surface area contributed by atoms with Crippen LogP contribution in [0.1, 0.15) is 0 Å². The number of rotatable bonds is 11. The number of hydrogen-bond donors (Lipinski definition) is 0. The molecule has 0 heterocycles. The summed E-state index contributed by atoms with van der Waals surface area (Å²) in [6.45, 7) is 0. The van der Waals surface area contributed by atoms with Crippen molar-refractivity contribution in [2.45, 2.75) is 0 Å². The van der Waals surface area contributed by atoms with Gasteiger partial charge in [0.25, 0.3) is 0 Å². The van der Waals surface area contributed by atoms with E-state index >= 15 is 0 Å². The Kier molecular flexibility index (Phi) is 13.0. The summed E-state index contributed by atoms with van der Waals surface area (Å²) in [5, 5.41) is 0. The predicted molar refractivity (Wildman–Crippen MR) is 144 cm³/mol. The molecule has 25 heteroatoms. The summed E-state index contributed by atoms with van der Waals surface area (Å²) in [4.78, 5) is 0. The molecule has 0 unspecified atom stereocenters. The quantitative estimate of drug-likeness (QED) is 0.327. The van der Waals surface area contributed by atoms with Crippen molar-refractivity contribution in [3.05, 3.63) is 0 Å². The standard InChI is InChI=1S/B25/c1-15(2)21(13)22(16(3)4)14-23(24(17(5)6)18(7)8)25(19(9)10)20(11)12/q-1. The monoisotopic (exact) mass is 275 g/mol. The van der Waals surface area contributed by atoms with Crippen molar-refractivity contribution >= 4 is 178 Å². The van der Waals surface area contributed by atoms with E-state index in [9.17, 15) is 0 Å². The molecule has 25 heavy (non-hydrogen) atoms. The molecule has 76 valence electrons. The van der Waals surface area contributed by atoms with Crippen molar-refractivity contribution in [1.29, 1.82) is 0 Å². The van der Waals surface area contributed by atoms with Crippen molar-refractivity contribution in [2.75, 3.05) is 0 Å². The first-order valence-electron chi connectivity index (χ1n) is 8.00. The maximum atomic E-state index is 6.02. The van der Waals surface area contributed by atoms with Gasteiger partial charge in [-0.05, 0) is 164 Å². The van der Waals surface area contributed by atoms with E-state index in [1.807, 2.05) is 0 Å². The molecule has 0 aliphatic heterocycles. The van der Waals surface area contributed by atoms with Gasteiger partial charge in [0, 0.05) is 0 Å². The van der Waals surface area contributed by atoms with Crippen LogP contribution in [0, 0.1) is 0 Å². The van der Waals surface area contributed by atoms with Crippen molar-refractivity contribution < 1.29 is 0 Å². The van der Waals surface area contributed by atoms with Gasteiger partial charge in [-0.15, -0.1) is 0 Å². The molecule has 0 saturated heterocycles. The van der Waals surface area contributed by atoms with Crippen LogP contribution in [0.15, 0.2) is 0 Å². The van der Waals surface area contributed by atoms with Gasteiger partial charge in [0.05, 0.1) is 0 Å². The Bertz CT molecular complexity index is 298. The zero-order chi connectivity index (χ0) is 20.1. The maximum Gasteiger partial charge on any atom is -0.0000000000000853 e. The van der Waals surface area contributed by atoms with Gasteiger partial charge < -0.3 is 7.74 Å². The van der Waals surface area contributed by atoms with Crippen molar-refractivity contribution in [1.82, 2.24) is 0 Å². The first kappa shape index (κ1) is 26.6. The van der Waals surface area contributed by atoms with Gasteiger partial charge in [-0.3, -0.25) is 0 Å². The van der Waals surface area contributed by atoms with E-state index in [2.05, 4.69) is 0 Å². The average Bonchev–Trinajstić information content (AvgIpc) is 2.41. The van der Waals surface area contributed by atoms with Crippen molar-refractivity contribution in [2.24, 2.45) is 0 Å². The Morgan fingerprint density at radius 2 is 0.800 bits per heavy atom. The fourth-order valence-electron chi connectivity index (χ4n) is 3.08. The summed E-state index contributed by atoms with van der Waals surface area (Å²) in [5.41, 5.74) is 0. The summed E-state index contributed by atoms with van der Waals surface area (Å²) in [6, 6.07) is 0. The Balaban J connectivity index is 5.92. The van der Waals surface area contributed by atoms with E-state index in [1.165, 1.54) is 0 Å². The highest BCUT2D eigenvalue weighted by Crippen LogP contribution is 2.05. The van der Waals surface area contributed by atoms with Crippen molar-refractivity contribution in [3.8, 4) is 0 Å². The van der Waals surface area contributed by atoms with Gasteiger partial charge >= 0.3 is 0 Å². The molecule has 0 aromatic rings. The first-order valence-corrected chi connectivity index (χ1v) is 8.00.